The number of carbonyl (C=O) groups excluding carboxylic acids is 1. The predicted molar refractivity (Wildman–Crippen MR) is 96.6 cm³/mol. The normalized spacial score (nSPS) is 20.7. The van der Waals surface area contributed by atoms with Crippen LogP contribution in [-0.4, -0.2) is 61.2 Å². The summed E-state index contributed by atoms with van der Waals surface area (Å²) in [5.74, 6) is 0.363. The highest BCUT2D eigenvalue weighted by Gasteiger charge is 2.33. The van der Waals surface area contributed by atoms with Crippen LogP contribution in [0.2, 0.25) is 0 Å². The van der Waals surface area contributed by atoms with Crippen LogP contribution in [0, 0.1) is 10.1 Å². The molecule has 2 saturated heterocycles. The van der Waals surface area contributed by atoms with Gasteiger partial charge in [0, 0.05) is 37.5 Å². The highest BCUT2D eigenvalue weighted by Crippen LogP contribution is 2.34. The first-order valence-electron chi connectivity index (χ1n) is 9.16. The largest absolute Gasteiger partial charge is 0.487 e. The van der Waals surface area contributed by atoms with Gasteiger partial charge in [0.05, 0.1) is 24.7 Å². The van der Waals surface area contributed by atoms with Crippen molar-refractivity contribution in [2.24, 2.45) is 0 Å². The first-order valence-corrected chi connectivity index (χ1v) is 9.16. The quantitative estimate of drug-likeness (QED) is 0.589. The molecule has 0 bridgehead atoms. The number of anilines is 1. The third-order valence-corrected chi connectivity index (χ3v) is 4.88. The Morgan fingerprint density at radius 1 is 1.31 bits per heavy atom. The molecule has 8 heteroatoms. The van der Waals surface area contributed by atoms with Gasteiger partial charge in [-0.25, -0.2) is 0 Å². The van der Waals surface area contributed by atoms with E-state index in [4.69, 9.17) is 9.47 Å². The van der Waals surface area contributed by atoms with Gasteiger partial charge in [-0.15, -0.1) is 0 Å². The molecule has 2 aliphatic heterocycles. The number of nitrogens with zero attached hydrogens (tertiary/aromatic N) is 3. The fraction of sp³-hybridized carbons (Fsp3) is 0.611. The Labute approximate surface area is 152 Å². The van der Waals surface area contributed by atoms with Crippen molar-refractivity contribution in [1.29, 1.82) is 0 Å². The van der Waals surface area contributed by atoms with Gasteiger partial charge in [0.15, 0.2) is 5.75 Å². The molecule has 1 aromatic carbocycles. The van der Waals surface area contributed by atoms with Gasteiger partial charge in [0.1, 0.15) is 6.04 Å². The summed E-state index contributed by atoms with van der Waals surface area (Å²) in [6.07, 6.45) is 2.79. The second-order valence-corrected chi connectivity index (χ2v) is 6.48. The maximum absolute atomic E-state index is 13.0. The molecule has 0 N–H and O–H groups in total. The molecular formula is C18H25N3O5. The van der Waals surface area contributed by atoms with Crippen molar-refractivity contribution in [2.75, 3.05) is 44.4 Å². The Morgan fingerprint density at radius 2 is 2.08 bits per heavy atom. The van der Waals surface area contributed by atoms with Crippen molar-refractivity contribution in [2.45, 2.75) is 32.2 Å². The van der Waals surface area contributed by atoms with E-state index in [0.717, 1.165) is 31.5 Å². The maximum Gasteiger partial charge on any atom is 0.311 e. The molecule has 0 saturated carbocycles. The molecule has 0 aliphatic carbocycles. The van der Waals surface area contributed by atoms with Gasteiger partial charge in [-0.2, -0.15) is 0 Å². The number of morpholine rings is 1. The number of piperidine rings is 1. The zero-order valence-electron chi connectivity index (χ0n) is 15.1. The molecule has 142 valence electrons. The Morgan fingerprint density at radius 3 is 2.77 bits per heavy atom. The lowest BCUT2D eigenvalue weighted by atomic mass is 9.99. The van der Waals surface area contributed by atoms with Crippen LogP contribution >= 0.6 is 0 Å². The Kier molecular flexibility index (Phi) is 5.92. The van der Waals surface area contributed by atoms with E-state index in [1.165, 1.54) is 6.07 Å². The van der Waals surface area contributed by atoms with Gasteiger partial charge in [0.2, 0.25) is 5.91 Å². The number of nitro benzene ring substituents is 1. The predicted octanol–water partition coefficient (Wildman–Crippen LogP) is 2.21. The van der Waals surface area contributed by atoms with Gasteiger partial charge in [0.25, 0.3) is 0 Å². The molecule has 0 radical (unpaired) electrons. The van der Waals surface area contributed by atoms with Crippen molar-refractivity contribution < 1.29 is 19.2 Å². The molecule has 1 amide bonds. The molecule has 26 heavy (non-hydrogen) atoms. The highest BCUT2D eigenvalue weighted by atomic mass is 16.6. The Balaban J connectivity index is 1.86. The number of hydrogen-bond donors (Lipinski definition) is 0. The molecule has 3 rings (SSSR count). The molecule has 1 aromatic rings. The van der Waals surface area contributed by atoms with Gasteiger partial charge in [-0.3, -0.25) is 14.9 Å². The lowest BCUT2D eigenvalue weighted by Gasteiger charge is -2.40. The van der Waals surface area contributed by atoms with E-state index in [-0.39, 0.29) is 23.4 Å². The second-order valence-electron chi connectivity index (χ2n) is 6.48. The minimum absolute atomic E-state index is 0.0522. The summed E-state index contributed by atoms with van der Waals surface area (Å²) in [5.41, 5.74) is 0.744. The number of carbonyl (C=O) groups is 1. The van der Waals surface area contributed by atoms with Crippen LogP contribution in [0.3, 0.4) is 0 Å². The smallest absolute Gasteiger partial charge is 0.311 e. The Bertz CT molecular complexity index is 660. The maximum atomic E-state index is 13.0. The van der Waals surface area contributed by atoms with E-state index in [0.29, 0.717) is 32.9 Å². The number of amides is 1. The van der Waals surface area contributed by atoms with Crippen LogP contribution in [0.15, 0.2) is 18.2 Å². The average Bonchev–Trinajstić information content (AvgIpc) is 2.68. The lowest BCUT2D eigenvalue weighted by molar-refractivity contribution is -0.385. The summed E-state index contributed by atoms with van der Waals surface area (Å²) in [4.78, 5) is 27.7. The van der Waals surface area contributed by atoms with E-state index in [1.54, 1.807) is 19.1 Å². The Hall–Kier alpha value is -2.35. The standard InChI is InChI=1S/C18H25N3O5/c1-2-26-17-13-14(6-7-15(17)21(23)24)20-8-4-3-5-16(20)18(22)19-9-11-25-12-10-19/h6-7,13,16H,2-5,8-12H2,1H3. The number of rotatable bonds is 5. The van der Waals surface area contributed by atoms with Crippen LogP contribution in [0.4, 0.5) is 11.4 Å². The molecule has 1 unspecified atom stereocenters. The van der Waals surface area contributed by atoms with Gasteiger partial charge in [-0.1, -0.05) is 0 Å². The molecule has 0 spiro atoms. The zero-order valence-corrected chi connectivity index (χ0v) is 15.1. The van der Waals surface area contributed by atoms with Crippen molar-refractivity contribution >= 4 is 17.3 Å². The third kappa shape index (κ3) is 3.90. The van der Waals surface area contributed by atoms with Crippen LogP contribution < -0.4 is 9.64 Å². The number of hydrogen-bond acceptors (Lipinski definition) is 6. The van der Waals surface area contributed by atoms with Crippen LogP contribution in [0.25, 0.3) is 0 Å². The fourth-order valence-electron chi connectivity index (χ4n) is 3.60. The summed E-state index contributed by atoms with van der Waals surface area (Å²) in [5, 5.41) is 11.2. The molecule has 8 nitrogen and oxygen atoms in total. The first-order chi connectivity index (χ1) is 12.6. The molecule has 2 heterocycles. The third-order valence-electron chi connectivity index (χ3n) is 4.88. The fourth-order valence-corrected chi connectivity index (χ4v) is 3.60. The van der Waals surface area contributed by atoms with E-state index >= 15 is 0 Å². The topological polar surface area (TPSA) is 85.2 Å². The number of nitro groups is 1. The van der Waals surface area contributed by atoms with Gasteiger partial charge < -0.3 is 19.3 Å². The van der Waals surface area contributed by atoms with Crippen molar-refractivity contribution in [1.82, 2.24) is 4.90 Å². The summed E-state index contributed by atoms with van der Waals surface area (Å²) in [7, 11) is 0. The van der Waals surface area contributed by atoms with Crippen molar-refractivity contribution in [3.05, 3.63) is 28.3 Å². The second kappa shape index (κ2) is 8.35. The minimum Gasteiger partial charge on any atom is -0.487 e. The highest BCUT2D eigenvalue weighted by molar-refractivity contribution is 5.86. The number of benzene rings is 1. The monoisotopic (exact) mass is 363 g/mol. The summed E-state index contributed by atoms with van der Waals surface area (Å²) >= 11 is 0. The minimum atomic E-state index is -0.443. The van der Waals surface area contributed by atoms with E-state index in [2.05, 4.69) is 4.90 Å². The van der Waals surface area contributed by atoms with Crippen LogP contribution in [0.1, 0.15) is 26.2 Å². The lowest BCUT2D eigenvalue weighted by Crippen LogP contribution is -2.53. The zero-order chi connectivity index (χ0) is 18.5. The van der Waals surface area contributed by atoms with Crippen LogP contribution in [0.5, 0.6) is 5.75 Å². The molecule has 2 aliphatic rings. The molecule has 2 fully saturated rings. The molecule has 0 aromatic heterocycles. The summed E-state index contributed by atoms with van der Waals surface area (Å²) < 4.78 is 10.8. The number of ether oxygens (including phenoxy) is 2. The van der Waals surface area contributed by atoms with E-state index < -0.39 is 4.92 Å². The molecular weight excluding hydrogens is 338 g/mol. The average molecular weight is 363 g/mol. The summed E-state index contributed by atoms with van der Waals surface area (Å²) in [6, 6.07) is 4.63. The summed E-state index contributed by atoms with van der Waals surface area (Å²) in [6.45, 7) is 5.28. The van der Waals surface area contributed by atoms with E-state index in [1.807, 2.05) is 4.90 Å². The SMILES string of the molecule is CCOc1cc(N2CCCCC2C(=O)N2CCOCC2)ccc1[N+](=O)[O-]. The first kappa shape index (κ1) is 18.4. The van der Waals surface area contributed by atoms with E-state index in [9.17, 15) is 14.9 Å². The van der Waals surface area contributed by atoms with Gasteiger partial charge >= 0.3 is 5.69 Å². The van der Waals surface area contributed by atoms with Crippen LogP contribution in [-0.2, 0) is 9.53 Å². The van der Waals surface area contributed by atoms with Crippen molar-refractivity contribution in [3.63, 3.8) is 0 Å². The van der Waals surface area contributed by atoms with Gasteiger partial charge in [-0.05, 0) is 32.3 Å². The van der Waals surface area contributed by atoms with Crippen molar-refractivity contribution in [3.8, 4) is 5.75 Å². The molecule has 1 atom stereocenters.